The van der Waals surface area contributed by atoms with Crippen molar-refractivity contribution in [3.63, 3.8) is 0 Å². The normalized spacial score (nSPS) is 18.8. The molecule has 0 radical (unpaired) electrons. The van der Waals surface area contributed by atoms with E-state index in [9.17, 15) is 4.79 Å². The first-order valence-corrected chi connectivity index (χ1v) is 9.32. The Kier molecular flexibility index (Phi) is 3.92. The number of hydrogen-bond donors (Lipinski definition) is 0. The van der Waals surface area contributed by atoms with Gasteiger partial charge in [-0.15, -0.1) is 11.3 Å². The minimum atomic E-state index is -0.447. The lowest BCUT2D eigenvalue weighted by atomic mass is 9.85. The predicted molar refractivity (Wildman–Crippen MR) is 102 cm³/mol. The molecule has 0 saturated heterocycles. The first-order valence-electron chi connectivity index (χ1n) is 8.44. The van der Waals surface area contributed by atoms with Gasteiger partial charge in [-0.3, -0.25) is 9.69 Å². The number of carbonyl (C=O) groups excluding carboxylic acids is 1. The molecule has 1 unspecified atom stereocenters. The number of aryl methyl sites for hydroxylation is 1. The summed E-state index contributed by atoms with van der Waals surface area (Å²) in [5.74, 6) is 0.113. The van der Waals surface area contributed by atoms with Gasteiger partial charge in [0.1, 0.15) is 0 Å². The molecule has 1 heterocycles. The zero-order valence-electron chi connectivity index (χ0n) is 14.4. The molecule has 0 spiro atoms. The molecule has 0 aliphatic heterocycles. The maximum absolute atomic E-state index is 13.6. The van der Waals surface area contributed by atoms with Gasteiger partial charge in [-0.25, -0.2) is 4.98 Å². The zero-order valence-corrected chi connectivity index (χ0v) is 15.2. The van der Waals surface area contributed by atoms with E-state index in [-0.39, 0.29) is 5.91 Å². The highest BCUT2D eigenvalue weighted by Crippen LogP contribution is 2.41. The molecule has 1 aliphatic rings. The van der Waals surface area contributed by atoms with Gasteiger partial charge in [-0.1, -0.05) is 48.9 Å². The van der Waals surface area contributed by atoms with Crippen molar-refractivity contribution in [3.05, 3.63) is 76.8 Å². The van der Waals surface area contributed by atoms with Crippen LogP contribution in [-0.4, -0.2) is 10.9 Å². The molecule has 4 rings (SSSR count). The van der Waals surface area contributed by atoms with Crippen LogP contribution in [0.4, 0.5) is 10.8 Å². The molecule has 3 aromatic rings. The highest BCUT2D eigenvalue weighted by molar-refractivity contribution is 7.13. The maximum Gasteiger partial charge on any atom is 0.239 e. The average molecular weight is 348 g/mol. The Balaban J connectivity index is 1.72. The third kappa shape index (κ3) is 2.87. The number of benzene rings is 2. The monoisotopic (exact) mass is 348 g/mol. The van der Waals surface area contributed by atoms with E-state index in [4.69, 9.17) is 0 Å². The molecule has 1 atom stereocenters. The van der Waals surface area contributed by atoms with Gasteiger partial charge in [0.05, 0.1) is 11.1 Å². The van der Waals surface area contributed by atoms with Crippen LogP contribution in [0.25, 0.3) is 0 Å². The number of amides is 1. The Morgan fingerprint density at radius 1 is 1.12 bits per heavy atom. The topological polar surface area (TPSA) is 33.2 Å². The van der Waals surface area contributed by atoms with Crippen LogP contribution >= 0.6 is 11.3 Å². The number of carbonyl (C=O) groups is 1. The molecule has 0 fully saturated rings. The molecule has 4 heteroatoms. The van der Waals surface area contributed by atoms with E-state index in [1.165, 1.54) is 28.0 Å². The predicted octanol–water partition coefficient (Wildman–Crippen LogP) is 4.92. The van der Waals surface area contributed by atoms with E-state index in [0.29, 0.717) is 0 Å². The van der Waals surface area contributed by atoms with Crippen LogP contribution < -0.4 is 4.90 Å². The second-order valence-corrected chi connectivity index (χ2v) is 7.85. The first kappa shape index (κ1) is 16.0. The van der Waals surface area contributed by atoms with E-state index in [0.717, 1.165) is 23.7 Å². The van der Waals surface area contributed by atoms with Gasteiger partial charge < -0.3 is 0 Å². The molecule has 2 aromatic carbocycles. The Morgan fingerprint density at radius 3 is 2.60 bits per heavy atom. The molecule has 3 nitrogen and oxygen atoms in total. The third-order valence-electron chi connectivity index (χ3n) is 4.87. The first-order chi connectivity index (χ1) is 12.1. The Morgan fingerprint density at radius 2 is 1.88 bits per heavy atom. The Labute approximate surface area is 152 Å². The van der Waals surface area contributed by atoms with Gasteiger partial charge in [0.25, 0.3) is 0 Å². The summed E-state index contributed by atoms with van der Waals surface area (Å²) in [6.45, 7) is 4.18. The maximum atomic E-state index is 13.6. The van der Waals surface area contributed by atoms with E-state index in [1.807, 2.05) is 35.7 Å². The van der Waals surface area contributed by atoms with E-state index in [2.05, 4.69) is 37.0 Å². The number of para-hydroxylation sites is 1. The second kappa shape index (κ2) is 6.12. The summed E-state index contributed by atoms with van der Waals surface area (Å²) >= 11 is 1.49. The number of fused-ring (bicyclic) bond motifs is 1. The lowest BCUT2D eigenvalue weighted by molar-refractivity contribution is -0.126. The fraction of sp³-hybridized carbons (Fsp3) is 0.238. The number of nitrogens with zero attached hydrogens (tertiary/aromatic N) is 2. The summed E-state index contributed by atoms with van der Waals surface area (Å²) in [5, 5.41) is 2.64. The quantitative estimate of drug-likeness (QED) is 0.673. The van der Waals surface area contributed by atoms with Crippen LogP contribution in [0.3, 0.4) is 0 Å². The van der Waals surface area contributed by atoms with Crippen molar-refractivity contribution in [2.75, 3.05) is 4.90 Å². The molecule has 0 saturated carbocycles. The molecule has 1 aromatic heterocycles. The number of thiazole rings is 1. The lowest BCUT2D eigenvalue weighted by Gasteiger charge is -2.30. The minimum Gasteiger partial charge on any atom is -0.273 e. The van der Waals surface area contributed by atoms with Gasteiger partial charge >= 0.3 is 0 Å². The van der Waals surface area contributed by atoms with Crippen molar-refractivity contribution in [2.24, 2.45) is 5.41 Å². The fourth-order valence-electron chi connectivity index (χ4n) is 3.63. The van der Waals surface area contributed by atoms with Crippen LogP contribution in [-0.2, 0) is 17.6 Å². The summed E-state index contributed by atoms with van der Waals surface area (Å²) < 4.78 is 0. The van der Waals surface area contributed by atoms with E-state index in [1.54, 1.807) is 11.1 Å². The van der Waals surface area contributed by atoms with Crippen molar-refractivity contribution >= 4 is 28.1 Å². The van der Waals surface area contributed by atoms with E-state index < -0.39 is 5.41 Å². The highest BCUT2D eigenvalue weighted by Gasteiger charge is 2.43. The van der Waals surface area contributed by atoms with Crippen LogP contribution in [0.1, 0.15) is 23.6 Å². The highest BCUT2D eigenvalue weighted by atomic mass is 32.1. The van der Waals surface area contributed by atoms with Gasteiger partial charge in [0, 0.05) is 11.6 Å². The van der Waals surface area contributed by atoms with Gasteiger partial charge in [0.15, 0.2) is 5.13 Å². The second-order valence-electron chi connectivity index (χ2n) is 6.98. The molecule has 25 heavy (non-hydrogen) atoms. The van der Waals surface area contributed by atoms with Crippen LogP contribution in [0.5, 0.6) is 0 Å². The smallest absolute Gasteiger partial charge is 0.239 e. The number of hydrogen-bond acceptors (Lipinski definition) is 3. The number of aromatic nitrogens is 1. The molecule has 0 bridgehead atoms. The van der Waals surface area contributed by atoms with Crippen LogP contribution in [0, 0.1) is 12.3 Å². The molecule has 1 aliphatic carbocycles. The van der Waals surface area contributed by atoms with E-state index >= 15 is 0 Å². The van der Waals surface area contributed by atoms with Crippen molar-refractivity contribution in [2.45, 2.75) is 26.7 Å². The zero-order chi connectivity index (χ0) is 17.4. The standard InChI is InChI=1S/C21H20N2OS/c1-15-8-9-16-13-21(2,14-17(16)12-15)19(24)23(20-22-10-11-25-20)18-6-4-3-5-7-18/h3-12H,13-14H2,1-2H3. The largest absolute Gasteiger partial charge is 0.273 e. The summed E-state index contributed by atoms with van der Waals surface area (Å²) in [6.07, 6.45) is 3.30. The van der Waals surface area contributed by atoms with Crippen molar-refractivity contribution in [1.29, 1.82) is 0 Å². The lowest BCUT2D eigenvalue weighted by Crippen LogP contribution is -2.40. The Bertz CT molecular complexity index is 905. The average Bonchev–Trinajstić information content (AvgIpc) is 3.23. The summed E-state index contributed by atoms with van der Waals surface area (Å²) in [5.41, 5.74) is 4.25. The van der Waals surface area contributed by atoms with Crippen molar-refractivity contribution < 1.29 is 4.79 Å². The molecule has 1 amide bonds. The van der Waals surface area contributed by atoms with Gasteiger partial charge in [0.2, 0.25) is 5.91 Å². The summed E-state index contributed by atoms with van der Waals surface area (Å²) in [7, 11) is 0. The fourth-order valence-corrected chi connectivity index (χ4v) is 4.29. The van der Waals surface area contributed by atoms with Crippen molar-refractivity contribution in [3.8, 4) is 0 Å². The SMILES string of the molecule is Cc1ccc2c(c1)CC(C)(C(=O)N(c1ccccc1)c1nccs1)C2. The summed E-state index contributed by atoms with van der Waals surface area (Å²) in [4.78, 5) is 19.8. The van der Waals surface area contributed by atoms with Gasteiger partial charge in [-0.2, -0.15) is 0 Å². The third-order valence-corrected chi connectivity index (χ3v) is 5.62. The Hall–Kier alpha value is -2.46. The number of rotatable bonds is 3. The molecule has 126 valence electrons. The number of anilines is 2. The minimum absolute atomic E-state index is 0.113. The van der Waals surface area contributed by atoms with Crippen molar-refractivity contribution in [1.82, 2.24) is 4.98 Å². The van der Waals surface area contributed by atoms with Crippen LogP contribution in [0.2, 0.25) is 0 Å². The van der Waals surface area contributed by atoms with Crippen LogP contribution in [0.15, 0.2) is 60.1 Å². The molecular formula is C21H20N2OS. The van der Waals surface area contributed by atoms with Gasteiger partial charge in [-0.05, 0) is 43.0 Å². The molecule has 0 N–H and O–H groups in total. The summed E-state index contributed by atoms with van der Waals surface area (Å²) in [6, 6.07) is 16.3. The molecular weight excluding hydrogens is 328 g/mol.